The highest BCUT2D eigenvalue weighted by Gasteiger charge is 2.23. The lowest BCUT2D eigenvalue weighted by Crippen LogP contribution is -2.41. The quantitative estimate of drug-likeness (QED) is 0.593. The number of hydrogen-bond donors (Lipinski definition) is 4. The summed E-state index contributed by atoms with van der Waals surface area (Å²) in [6.45, 7) is 0. The summed E-state index contributed by atoms with van der Waals surface area (Å²) < 4.78 is 0. The predicted octanol–water partition coefficient (Wildman–Crippen LogP) is 0.0114. The highest BCUT2D eigenvalue weighted by Crippen LogP contribution is 2.15. The number of aromatic amines is 1. The van der Waals surface area contributed by atoms with E-state index >= 15 is 0 Å². The first kappa shape index (κ1) is 14.5. The number of aliphatic carboxylic acids is 1. The van der Waals surface area contributed by atoms with Crippen LogP contribution in [0.1, 0.15) is 23.3 Å². The van der Waals surface area contributed by atoms with Crippen molar-refractivity contribution in [3.63, 3.8) is 0 Å². The van der Waals surface area contributed by atoms with Crippen LogP contribution in [-0.2, 0) is 9.59 Å². The van der Waals surface area contributed by atoms with Gasteiger partial charge in [0.05, 0.1) is 5.52 Å². The van der Waals surface area contributed by atoms with Crippen LogP contribution in [0.2, 0.25) is 0 Å². The molecule has 8 heteroatoms. The van der Waals surface area contributed by atoms with Gasteiger partial charge in [0.15, 0.2) is 5.69 Å². The Balaban J connectivity index is 2.15. The molecule has 110 valence electrons. The molecule has 2 rings (SSSR count). The monoisotopic (exact) mass is 290 g/mol. The predicted molar refractivity (Wildman–Crippen MR) is 73.4 cm³/mol. The molecule has 0 aliphatic heterocycles. The summed E-state index contributed by atoms with van der Waals surface area (Å²) in [5.74, 6) is -2.48. The summed E-state index contributed by atoms with van der Waals surface area (Å²) >= 11 is 0. The van der Waals surface area contributed by atoms with E-state index in [4.69, 9.17) is 10.8 Å². The molecule has 0 spiro atoms. The standard InChI is InChI=1S/C13H14N4O4/c14-10(18)6-5-9(13(20)21)15-12(19)11-7-3-1-2-4-8(7)16-17-11/h1-4,9H,5-6H2,(H2,14,18)(H,15,19)(H,16,17)(H,20,21)/t9-/m1/s1. The van der Waals surface area contributed by atoms with Crippen LogP contribution in [0, 0.1) is 0 Å². The zero-order valence-electron chi connectivity index (χ0n) is 11.0. The molecule has 0 radical (unpaired) electrons. The van der Waals surface area contributed by atoms with E-state index in [1.54, 1.807) is 24.3 Å². The maximum Gasteiger partial charge on any atom is 0.326 e. The number of nitrogens with zero attached hydrogens (tertiary/aromatic N) is 1. The normalized spacial score (nSPS) is 12.0. The topological polar surface area (TPSA) is 138 Å². The number of fused-ring (bicyclic) bond motifs is 1. The molecule has 2 amide bonds. The number of nitrogens with one attached hydrogen (secondary N) is 2. The molecule has 0 unspecified atom stereocenters. The van der Waals surface area contributed by atoms with Gasteiger partial charge in [-0.1, -0.05) is 18.2 Å². The molecule has 1 aromatic carbocycles. The maximum absolute atomic E-state index is 12.1. The number of para-hydroxylation sites is 1. The zero-order valence-corrected chi connectivity index (χ0v) is 11.0. The van der Waals surface area contributed by atoms with Crippen LogP contribution in [0.5, 0.6) is 0 Å². The minimum absolute atomic E-state index is 0.0707. The zero-order chi connectivity index (χ0) is 15.4. The van der Waals surface area contributed by atoms with Gasteiger partial charge in [0.2, 0.25) is 5.91 Å². The Morgan fingerprint density at radius 1 is 1.33 bits per heavy atom. The Morgan fingerprint density at radius 3 is 2.71 bits per heavy atom. The van der Waals surface area contributed by atoms with Crippen LogP contribution in [-0.4, -0.2) is 39.1 Å². The number of aromatic nitrogens is 2. The molecule has 1 aromatic heterocycles. The molecule has 0 fully saturated rings. The van der Waals surface area contributed by atoms with E-state index in [2.05, 4.69) is 15.5 Å². The first-order chi connectivity index (χ1) is 9.99. The van der Waals surface area contributed by atoms with Crippen LogP contribution in [0.4, 0.5) is 0 Å². The molecule has 0 bridgehead atoms. The van der Waals surface area contributed by atoms with E-state index in [1.807, 2.05) is 0 Å². The minimum Gasteiger partial charge on any atom is -0.480 e. The van der Waals surface area contributed by atoms with Crippen molar-refractivity contribution < 1.29 is 19.5 Å². The largest absolute Gasteiger partial charge is 0.480 e. The number of carboxylic acids is 1. The Kier molecular flexibility index (Phi) is 4.17. The van der Waals surface area contributed by atoms with Gasteiger partial charge in [-0.15, -0.1) is 0 Å². The molecular formula is C13H14N4O4. The van der Waals surface area contributed by atoms with Gasteiger partial charge in [0.25, 0.3) is 5.91 Å². The molecule has 0 saturated carbocycles. The lowest BCUT2D eigenvalue weighted by molar-refractivity contribution is -0.139. The summed E-state index contributed by atoms with van der Waals surface area (Å²) in [7, 11) is 0. The second kappa shape index (κ2) is 6.04. The number of nitrogens with two attached hydrogens (primary N) is 1. The van der Waals surface area contributed by atoms with Crippen molar-refractivity contribution in [3.8, 4) is 0 Å². The molecule has 5 N–H and O–H groups in total. The second-order valence-corrected chi connectivity index (χ2v) is 4.49. The number of hydrogen-bond acceptors (Lipinski definition) is 4. The van der Waals surface area contributed by atoms with Gasteiger partial charge in [0.1, 0.15) is 6.04 Å². The maximum atomic E-state index is 12.1. The molecule has 0 aliphatic carbocycles. The van der Waals surface area contributed by atoms with Crippen molar-refractivity contribution >= 4 is 28.7 Å². The van der Waals surface area contributed by atoms with Crippen molar-refractivity contribution in [1.29, 1.82) is 0 Å². The lowest BCUT2D eigenvalue weighted by atomic mass is 10.1. The van der Waals surface area contributed by atoms with Crippen molar-refractivity contribution in [3.05, 3.63) is 30.0 Å². The van der Waals surface area contributed by atoms with E-state index in [-0.39, 0.29) is 18.5 Å². The Hall–Kier alpha value is -2.90. The number of carboxylic acid groups (broad SMARTS) is 1. The van der Waals surface area contributed by atoms with Crippen LogP contribution in [0.15, 0.2) is 24.3 Å². The fourth-order valence-electron chi connectivity index (χ4n) is 1.91. The smallest absolute Gasteiger partial charge is 0.326 e. The summed E-state index contributed by atoms with van der Waals surface area (Å²) in [5.41, 5.74) is 5.76. The van der Waals surface area contributed by atoms with Crippen molar-refractivity contribution in [2.24, 2.45) is 5.73 Å². The van der Waals surface area contributed by atoms with E-state index in [1.165, 1.54) is 0 Å². The number of H-pyrrole nitrogens is 1. The SMILES string of the molecule is NC(=O)CC[C@@H](NC(=O)c1n[nH]c2ccccc12)C(=O)O. The molecule has 2 aromatic rings. The fraction of sp³-hybridized carbons (Fsp3) is 0.231. The van der Waals surface area contributed by atoms with Crippen LogP contribution in [0.3, 0.4) is 0 Å². The van der Waals surface area contributed by atoms with E-state index < -0.39 is 23.8 Å². The first-order valence-corrected chi connectivity index (χ1v) is 6.24. The number of rotatable bonds is 6. The number of primary amides is 1. The molecule has 1 heterocycles. The van der Waals surface area contributed by atoms with Gasteiger partial charge in [0, 0.05) is 11.8 Å². The van der Waals surface area contributed by atoms with Crippen LogP contribution < -0.4 is 11.1 Å². The summed E-state index contributed by atoms with van der Waals surface area (Å²) in [6, 6.07) is 5.79. The highest BCUT2D eigenvalue weighted by atomic mass is 16.4. The third-order valence-electron chi connectivity index (χ3n) is 2.97. The van der Waals surface area contributed by atoms with Gasteiger partial charge >= 0.3 is 5.97 Å². The van der Waals surface area contributed by atoms with Gasteiger partial charge in [-0.3, -0.25) is 14.7 Å². The molecule has 8 nitrogen and oxygen atoms in total. The molecule has 0 aliphatic rings. The summed E-state index contributed by atoms with van der Waals surface area (Å²) in [5, 5.41) is 18.6. The van der Waals surface area contributed by atoms with Gasteiger partial charge in [-0.05, 0) is 12.5 Å². The average Bonchev–Trinajstić information content (AvgIpc) is 2.86. The molecule has 0 saturated heterocycles. The number of amides is 2. The number of carbonyl (C=O) groups excluding carboxylic acids is 2. The van der Waals surface area contributed by atoms with Gasteiger partial charge < -0.3 is 16.2 Å². The Labute approximate surface area is 119 Å². The first-order valence-electron chi connectivity index (χ1n) is 6.24. The Bertz CT molecular complexity index is 694. The highest BCUT2D eigenvalue weighted by molar-refractivity contribution is 6.05. The second-order valence-electron chi connectivity index (χ2n) is 4.49. The fourth-order valence-corrected chi connectivity index (χ4v) is 1.91. The van der Waals surface area contributed by atoms with E-state index in [9.17, 15) is 14.4 Å². The lowest BCUT2D eigenvalue weighted by Gasteiger charge is -2.12. The third-order valence-corrected chi connectivity index (χ3v) is 2.97. The van der Waals surface area contributed by atoms with Crippen molar-refractivity contribution in [2.75, 3.05) is 0 Å². The molecule has 1 atom stereocenters. The minimum atomic E-state index is -1.23. The van der Waals surface area contributed by atoms with E-state index in [0.29, 0.717) is 10.9 Å². The number of benzene rings is 1. The Morgan fingerprint density at radius 2 is 2.05 bits per heavy atom. The number of carbonyl (C=O) groups is 3. The summed E-state index contributed by atoms with van der Waals surface area (Å²) in [6.07, 6.45) is -0.197. The third kappa shape index (κ3) is 3.35. The van der Waals surface area contributed by atoms with Crippen molar-refractivity contribution in [1.82, 2.24) is 15.5 Å². The average molecular weight is 290 g/mol. The molecule has 21 heavy (non-hydrogen) atoms. The van der Waals surface area contributed by atoms with Crippen molar-refractivity contribution in [2.45, 2.75) is 18.9 Å². The summed E-state index contributed by atoms with van der Waals surface area (Å²) in [4.78, 5) is 33.9. The van der Waals surface area contributed by atoms with Crippen LogP contribution >= 0.6 is 0 Å². The molecular weight excluding hydrogens is 276 g/mol. The van der Waals surface area contributed by atoms with Gasteiger partial charge in [-0.2, -0.15) is 5.10 Å². The van der Waals surface area contributed by atoms with Crippen LogP contribution in [0.25, 0.3) is 10.9 Å². The van der Waals surface area contributed by atoms with E-state index in [0.717, 1.165) is 0 Å². The van der Waals surface area contributed by atoms with Gasteiger partial charge in [-0.25, -0.2) is 4.79 Å².